The number of nitrogens with one attached hydrogen (secondary N) is 1. The summed E-state index contributed by atoms with van der Waals surface area (Å²) in [6, 6.07) is 0. The van der Waals surface area contributed by atoms with E-state index in [4.69, 9.17) is 5.11 Å². The van der Waals surface area contributed by atoms with Gasteiger partial charge >= 0.3 is 0 Å². The average molecular weight is 214 g/mol. The van der Waals surface area contributed by atoms with E-state index in [1.165, 1.54) is 25.7 Å². The van der Waals surface area contributed by atoms with Crippen molar-refractivity contribution in [2.24, 2.45) is 5.41 Å². The molecule has 3 heteroatoms. The number of hydrogen-bond donors (Lipinski definition) is 2. The van der Waals surface area contributed by atoms with Gasteiger partial charge in [0.1, 0.15) is 0 Å². The monoisotopic (exact) mass is 214 g/mol. The van der Waals surface area contributed by atoms with Gasteiger partial charge in [-0.15, -0.1) is 0 Å². The molecular weight excluding hydrogens is 188 g/mol. The molecule has 1 aliphatic rings. The van der Waals surface area contributed by atoms with Crippen LogP contribution in [0.4, 0.5) is 0 Å². The first-order chi connectivity index (χ1) is 7.22. The quantitative estimate of drug-likeness (QED) is 0.666. The maximum Gasteiger partial charge on any atom is 0.0558 e. The fourth-order valence-corrected chi connectivity index (χ4v) is 2.73. The lowest BCUT2D eigenvalue weighted by atomic mass is 9.85. The molecule has 0 bridgehead atoms. The number of rotatable bonds is 7. The SMILES string of the molecule is CCNCC1(CN(C)CCO)CCCC1. The molecule has 1 rings (SSSR count). The minimum Gasteiger partial charge on any atom is -0.395 e. The lowest BCUT2D eigenvalue weighted by Gasteiger charge is -2.33. The Morgan fingerprint density at radius 2 is 2.00 bits per heavy atom. The molecule has 2 N–H and O–H groups in total. The van der Waals surface area contributed by atoms with E-state index in [1.807, 2.05) is 0 Å². The molecule has 1 fully saturated rings. The van der Waals surface area contributed by atoms with Crippen LogP contribution < -0.4 is 5.32 Å². The minimum absolute atomic E-state index is 0.272. The summed E-state index contributed by atoms with van der Waals surface area (Å²) in [6.07, 6.45) is 5.43. The second kappa shape index (κ2) is 6.46. The van der Waals surface area contributed by atoms with Gasteiger partial charge in [0.25, 0.3) is 0 Å². The van der Waals surface area contributed by atoms with Crippen LogP contribution in [-0.2, 0) is 0 Å². The molecule has 0 aromatic rings. The highest BCUT2D eigenvalue weighted by Crippen LogP contribution is 2.38. The van der Waals surface area contributed by atoms with Gasteiger partial charge in [0.05, 0.1) is 6.61 Å². The van der Waals surface area contributed by atoms with Crippen LogP contribution in [0, 0.1) is 5.41 Å². The molecule has 3 nitrogen and oxygen atoms in total. The summed E-state index contributed by atoms with van der Waals surface area (Å²) in [7, 11) is 2.11. The molecule has 0 heterocycles. The number of aliphatic hydroxyl groups excluding tert-OH is 1. The molecule has 0 radical (unpaired) electrons. The van der Waals surface area contributed by atoms with Crippen LogP contribution in [0.5, 0.6) is 0 Å². The van der Waals surface area contributed by atoms with E-state index in [2.05, 4.69) is 24.2 Å². The molecular formula is C12H26N2O. The molecule has 15 heavy (non-hydrogen) atoms. The summed E-state index contributed by atoms with van der Waals surface area (Å²) >= 11 is 0. The molecule has 0 aliphatic heterocycles. The van der Waals surface area contributed by atoms with Crippen LogP contribution in [0.2, 0.25) is 0 Å². The third kappa shape index (κ3) is 4.09. The van der Waals surface area contributed by atoms with Gasteiger partial charge in [-0.05, 0) is 31.8 Å². The molecule has 0 aromatic heterocycles. The van der Waals surface area contributed by atoms with Gasteiger partial charge in [0, 0.05) is 19.6 Å². The van der Waals surface area contributed by atoms with Crippen LogP contribution >= 0.6 is 0 Å². The summed E-state index contributed by atoms with van der Waals surface area (Å²) in [5, 5.41) is 12.4. The topological polar surface area (TPSA) is 35.5 Å². The van der Waals surface area contributed by atoms with Crippen molar-refractivity contribution < 1.29 is 5.11 Å². The number of likely N-dealkylation sites (N-methyl/N-ethyl adjacent to an activating group) is 1. The molecule has 0 saturated heterocycles. The maximum absolute atomic E-state index is 8.91. The standard InChI is InChI=1S/C12H26N2O/c1-3-13-10-12(6-4-5-7-12)11-14(2)8-9-15/h13,15H,3-11H2,1-2H3. The van der Waals surface area contributed by atoms with Crippen molar-refractivity contribution in [1.82, 2.24) is 10.2 Å². The van der Waals surface area contributed by atoms with Crippen molar-refractivity contribution >= 4 is 0 Å². The third-order valence-electron chi connectivity index (χ3n) is 3.50. The first kappa shape index (κ1) is 12.9. The second-order valence-corrected chi connectivity index (χ2v) is 4.95. The zero-order valence-corrected chi connectivity index (χ0v) is 10.3. The van der Waals surface area contributed by atoms with Gasteiger partial charge in [-0.1, -0.05) is 19.8 Å². The number of nitrogens with zero attached hydrogens (tertiary/aromatic N) is 1. The Bertz CT molecular complexity index is 167. The summed E-state index contributed by atoms with van der Waals surface area (Å²) in [5.74, 6) is 0. The molecule has 1 saturated carbocycles. The van der Waals surface area contributed by atoms with Crippen LogP contribution in [0.3, 0.4) is 0 Å². The molecule has 0 unspecified atom stereocenters. The zero-order chi connectivity index (χ0) is 11.1. The Kier molecular flexibility index (Phi) is 5.58. The molecule has 90 valence electrons. The van der Waals surface area contributed by atoms with E-state index in [1.54, 1.807) is 0 Å². The van der Waals surface area contributed by atoms with Crippen molar-refractivity contribution in [3.05, 3.63) is 0 Å². The minimum atomic E-state index is 0.272. The normalized spacial score (nSPS) is 20.0. The Balaban J connectivity index is 2.41. The Morgan fingerprint density at radius 3 is 2.53 bits per heavy atom. The molecule has 0 spiro atoms. The molecule has 0 amide bonds. The fourth-order valence-electron chi connectivity index (χ4n) is 2.73. The average Bonchev–Trinajstić information content (AvgIpc) is 2.64. The fraction of sp³-hybridized carbons (Fsp3) is 1.00. The highest BCUT2D eigenvalue weighted by Gasteiger charge is 2.34. The maximum atomic E-state index is 8.91. The van der Waals surface area contributed by atoms with Gasteiger partial charge in [-0.3, -0.25) is 0 Å². The van der Waals surface area contributed by atoms with Crippen molar-refractivity contribution in [1.29, 1.82) is 0 Å². The van der Waals surface area contributed by atoms with Crippen LogP contribution in [0.25, 0.3) is 0 Å². The molecule has 1 aliphatic carbocycles. The zero-order valence-electron chi connectivity index (χ0n) is 10.3. The summed E-state index contributed by atoms with van der Waals surface area (Å²) in [5.41, 5.74) is 0.472. The number of hydrogen-bond acceptors (Lipinski definition) is 3. The van der Waals surface area contributed by atoms with E-state index in [0.717, 1.165) is 26.2 Å². The summed E-state index contributed by atoms with van der Waals surface area (Å²) in [6.45, 7) is 6.56. The number of aliphatic hydroxyl groups is 1. The van der Waals surface area contributed by atoms with E-state index in [0.29, 0.717) is 5.41 Å². The first-order valence-electron chi connectivity index (χ1n) is 6.22. The predicted molar refractivity (Wildman–Crippen MR) is 64.0 cm³/mol. The van der Waals surface area contributed by atoms with E-state index < -0.39 is 0 Å². The van der Waals surface area contributed by atoms with Crippen molar-refractivity contribution in [2.75, 3.05) is 39.8 Å². The largest absolute Gasteiger partial charge is 0.395 e. The Morgan fingerprint density at radius 1 is 1.33 bits per heavy atom. The van der Waals surface area contributed by atoms with Crippen molar-refractivity contribution in [2.45, 2.75) is 32.6 Å². The van der Waals surface area contributed by atoms with Crippen LogP contribution in [0.15, 0.2) is 0 Å². The van der Waals surface area contributed by atoms with E-state index in [-0.39, 0.29) is 6.61 Å². The summed E-state index contributed by atoms with van der Waals surface area (Å²) < 4.78 is 0. The van der Waals surface area contributed by atoms with Crippen molar-refractivity contribution in [3.8, 4) is 0 Å². The van der Waals surface area contributed by atoms with Crippen LogP contribution in [-0.4, -0.2) is 49.8 Å². The third-order valence-corrected chi connectivity index (χ3v) is 3.50. The van der Waals surface area contributed by atoms with Gasteiger partial charge < -0.3 is 15.3 Å². The smallest absolute Gasteiger partial charge is 0.0558 e. The Labute approximate surface area is 93.9 Å². The highest BCUT2D eigenvalue weighted by atomic mass is 16.3. The van der Waals surface area contributed by atoms with Crippen molar-refractivity contribution in [3.63, 3.8) is 0 Å². The van der Waals surface area contributed by atoms with Gasteiger partial charge in [0.2, 0.25) is 0 Å². The van der Waals surface area contributed by atoms with Gasteiger partial charge in [-0.2, -0.15) is 0 Å². The van der Waals surface area contributed by atoms with Crippen LogP contribution in [0.1, 0.15) is 32.6 Å². The second-order valence-electron chi connectivity index (χ2n) is 4.95. The molecule has 0 atom stereocenters. The lowest BCUT2D eigenvalue weighted by Crippen LogP contribution is -2.42. The molecule has 0 aromatic carbocycles. The van der Waals surface area contributed by atoms with Gasteiger partial charge in [-0.25, -0.2) is 0 Å². The lowest BCUT2D eigenvalue weighted by molar-refractivity contribution is 0.147. The van der Waals surface area contributed by atoms with E-state index >= 15 is 0 Å². The predicted octanol–water partition coefficient (Wildman–Crippen LogP) is 1.08. The van der Waals surface area contributed by atoms with Gasteiger partial charge in [0.15, 0.2) is 0 Å². The first-order valence-corrected chi connectivity index (χ1v) is 6.22. The summed E-state index contributed by atoms with van der Waals surface area (Å²) in [4.78, 5) is 2.27. The Hall–Kier alpha value is -0.120. The van der Waals surface area contributed by atoms with E-state index in [9.17, 15) is 0 Å². The highest BCUT2D eigenvalue weighted by molar-refractivity contribution is 4.88.